The zero-order valence-electron chi connectivity index (χ0n) is 12.2. The second-order valence-electron chi connectivity index (χ2n) is 6.56. The second-order valence-corrected chi connectivity index (χ2v) is 10.6. The third kappa shape index (κ3) is 2.91. The zero-order valence-corrected chi connectivity index (χ0v) is 13.9. The summed E-state index contributed by atoms with van der Waals surface area (Å²) < 4.78 is 62.8. The van der Waals surface area contributed by atoms with Crippen LogP contribution in [0.1, 0.15) is 18.1 Å². The minimum absolute atomic E-state index is 0.0210. The number of sulfonamides is 1. The van der Waals surface area contributed by atoms with Gasteiger partial charge in [0, 0.05) is 24.1 Å². The smallest absolute Gasteiger partial charge is 0.215 e. The van der Waals surface area contributed by atoms with Crippen LogP contribution in [-0.4, -0.2) is 44.9 Å². The van der Waals surface area contributed by atoms with Crippen molar-refractivity contribution in [1.82, 2.24) is 4.31 Å². The number of nitrogens with zero attached hydrogens (tertiary/aromatic N) is 1. The van der Waals surface area contributed by atoms with Crippen molar-refractivity contribution in [1.29, 1.82) is 0 Å². The molecule has 0 unspecified atom stereocenters. The van der Waals surface area contributed by atoms with E-state index in [1.807, 2.05) is 6.07 Å². The van der Waals surface area contributed by atoms with Gasteiger partial charge in [0.1, 0.15) is 5.82 Å². The van der Waals surface area contributed by atoms with Crippen LogP contribution in [0.2, 0.25) is 0 Å². The Kier molecular flexibility index (Phi) is 3.61. The third-order valence-electron chi connectivity index (χ3n) is 4.24. The second kappa shape index (κ2) is 5.01. The van der Waals surface area contributed by atoms with Crippen LogP contribution in [0.3, 0.4) is 0 Å². The van der Waals surface area contributed by atoms with Gasteiger partial charge >= 0.3 is 0 Å². The van der Waals surface area contributed by atoms with Crippen LogP contribution in [0.15, 0.2) is 18.2 Å². The molecule has 1 aromatic carbocycles. The van der Waals surface area contributed by atoms with Gasteiger partial charge in [-0.1, -0.05) is 19.1 Å². The minimum atomic E-state index is -3.61. The Balaban J connectivity index is 1.79. The number of sulfone groups is 1. The summed E-state index contributed by atoms with van der Waals surface area (Å²) in [5, 5.41) is 0. The summed E-state index contributed by atoms with van der Waals surface area (Å²) in [5.41, 5.74) is 0.528. The van der Waals surface area contributed by atoms with Gasteiger partial charge in [-0.25, -0.2) is 21.2 Å². The standard InChI is InChI=1S/C14H18FNO4S2/c1-14(8-21(17,18)9-14)10-22(19,20)16-6-5-11-3-2-4-13(15)12(11)7-16/h2-4H,5-10H2,1H3. The molecule has 0 N–H and O–H groups in total. The lowest BCUT2D eigenvalue weighted by Crippen LogP contribution is -2.53. The lowest BCUT2D eigenvalue weighted by molar-refractivity contribution is 0.358. The van der Waals surface area contributed by atoms with Gasteiger partial charge in [-0.05, 0) is 18.1 Å². The molecule has 0 aliphatic carbocycles. The molecule has 5 nitrogen and oxygen atoms in total. The summed E-state index contributed by atoms with van der Waals surface area (Å²) >= 11 is 0. The van der Waals surface area contributed by atoms with Crippen molar-refractivity contribution in [3.05, 3.63) is 35.1 Å². The Morgan fingerprint density at radius 3 is 2.64 bits per heavy atom. The fourth-order valence-electron chi connectivity index (χ4n) is 3.39. The van der Waals surface area contributed by atoms with E-state index in [2.05, 4.69) is 0 Å². The average Bonchev–Trinajstić information content (AvgIpc) is 2.35. The third-order valence-corrected chi connectivity index (χ3v) is 8.68. The molecule has 0 saturated carbocycles. The van der Waals surface area contributed by atoms with Gasteiger partial charge in [0.2, 0.25) is 10.0 Å². The summed E-state index contributed by atoms with van der Waals surface area (Å²) in [6, 6.07) is 4.76. The van der Waals surface area contributed by atoms with Crippen LogP contribution in [-0.2, 0) is 32.8 Å². The van der Waals surface area contributed by atoms with Gasteiger partial charge in [-0.2, -0.15) is 4.31 Å². The topological polar surface area (TPSA) is 71.5 Å². The summed E-state index contributed by atoms with van der Waals surface area (Å²) in [5.74, 6) is -0.797. The molecule has 2 aliphatic heterocycles. The highest BCUT2D eigenvalue weighted by Crippen LogP contribution is 2.35. The molecule has 1 aromatic rings. The van der Waals surface area contributed by atoms with Crippen LogP contribution >= 0.6 is 0 Å². The van der Waals surface area contributed by atoms with Crippen molar-refractivity contribution in [3.8, 4) is 0 Å². The summed E-state index contributed by atoms with van der Waals surface area (Å²) in [4.78, 5) is 0. The monoisotopic (exact) mass is 347 g/mol. The quantitative estimate of drug-likeness (QED) is 0.816. The fourth-order valence-corrected chi connectivity index (χ4v) is 7.85. The molecule has 0 amide bonds. The lowest BCUT2D eigenvalue weighted by atomic mass is 9.98. The van der Waals surface area contributed by atoms with Crippen molar-refractivity contribution in [3.63, 3.8) is 0 Å². The van der Waals surface area contributed by atoms with E-state index in [4.69, 9.17) is 0 Å². The molecule has 2 heterocycles. The molecule has 22 heavy (non-hydrogen) atoms. The first-order valence-corrected chi connectivity index (χ1v) is 10.5. The van der Waals surface area contributed by atoms with Gasteiger partial charge in [0.25, 0.3) is 0 Å². The van der Waals surface area contributed by atoms with Gasteiger partial charge < -0.3 is 0 Å². The van der Waals surface area contributed by atoms with E-state index in [9.17, 15) is 21.2 Å². The molecule has 1 fully saturated rings. The van der Waals surface area contributed by atoms with Gasteiger partial charge in [0.05, 0.1) is 17.3 Å². The van der Waals surface area contributed by atoms with Gasteiger partial charge in [-0.3, -0.25) is 0 Å². The van der Waals surface area contributed by atoms with E-state index >= 15 is 0 Å². The minimum Gasteiger partial charge on any atom is -0.229 e. The first-order valence-electron chi connectivity index (χ1n) is 7.05. The van der Waals surface area contributed by atoms with E-state index in [0.717, 1.165) is 5.56 Å². The molecule has 0 bridgehead atoms. The first kappa shape index (κ1) is 15.9. The SMILES string of the molecule is CC1(CS(=O)(=O)N2CCc3cccc(F)c3C2)CS(=O)(=O)C1. The number of hydrogen-bond acceptors (Lipinski definition) is 4. The number of hydrogen-bond donors (Lipinski definition) is 0. The van der Waals surface area contributed by atoms with Crippen molar-refractivity contribution < 1.29 is 21.2 Å². The van der Waals surface area contributed by atoms with E-state index in [1.54, 1.807) is 13.0 Å². The van der Waals surface area contributed by atoms with Crippen molar-refractivity contribution >= 4 is 19.9 Å². The Bertz CT molecular complexity index is 805. The predicted octanol–water partition coefficient (Wildman–Crippen LogP) is 0.948. The molecule has 1 saturated heterocycles. The maximum Gasteiger partial charge on any atom is 0.215 e. The summed E-state index contributed by atoms with van der Waals surface area (Å²) in [6.07, 6.45) is 0.474. The Morgan fingerprint density at radius 2 is 2.00 bits per heavy atom. The zero-order chi connectivity index (χ0) is 16.2. The number of rotatable bonds is 3. The highest BCUT2D eigenvalue weighted by Gasteiger charge is 2.48. The molecule has 8 heteroatoms. The molecule has 0 spiro atoms. The van der Waals surface area contributed by atoms with Crippen LogP contribution in [0.4, 0.5) is 4.39 Å². The normalized spacial score (nSPS) is 23.5. The number of halogens is 1. The van der Waals surface area contributed by atoms with E-state index in [0.29, 0.717) is 18.5 Å². The van der Waals surface area contributed by atoms with Crippen LogP contribution in [0, 0.1) is 11.2 Å². The van der Waals surface area contributed by atoms with E-state index in [-0.39, 0.29) is 23.8 Å². The predicted molar refractivity (Wildman–Crippen MR) is 81.1 cm³/mol. The molecule has 2 aliphatic rings. The molecule has 0 aromatic heterocycles. The van der Waals surface area contributed by atoms with Crippen LogP contribution in [0.5, 0.6) is 0 Å². The maximum atomic E-state index is 13.8. The molecule has 0 radical (unpaired) electrons. The molecule has 122 valence electrons. The first-order chi connectivity index (χ1) is 10.1. The van der Waals surface area contributed by atoms with Crippen molar-refractivity contribution in [2.45, 2.75) is 19.9 Å². The number of fused-ring (bicyclic) bond motifs is 1. The van der Waals surface area contributed by atoms with Gasteiger partial charge in [0.15, 0.2) is 9.84 Å². The highest BCUT2D eigenvalue weighted by atomic mass is 32.2. The highest BCUT2D eigenvalue weighted by molar-refractivity contribution is 7.93. The Labute approximate surface area is 130 Å². The fraction of sp³-hybridized carbons (Fsp3) is 0.571. The molecular weight excluding hydrogens is 329 g/mol. The van der Waals surface area contributed by atoms with Crippen LogP contribution in [0.25, 0.3) is 0 Å². The Hall–Kier alpha value is -0.990. The van der Waals surface area contributed by atoms with E-state index < -0.39 is 31.1 Å². The van der Waals surface area contributed by atoms with E-state index in [1.165, 1.54) is 10.4 Å². The van der Waals surface area contributed by atoms with Gasteiger partial charge in [-0.15, -0.1) is 0 Å². The van der Waals surface area contributed by atoms with Crippen molar-refractivity contribution in [2.24, 2.45) is 5.41 Å². The maximum absolute atomic E-state index is 13.8. The largest absolute Gasteiger partial charge is 0.229 e. The molecule has 0 atom stereocenters. The van der Waals surface area contributed by atoms with Crippen LogP contribution < -0.4 is 0 Å². The lowest BCUT2D eigenvalue weighted by Gasteiger charge is -2.39. The average molecular weight is 347 g/mol. The Morgan fingerprint density at radius 1 is 1.32 bits per heavy atom. The molecule has 3 rings (SSSR count). The number of benzene rings is 1. The molecular formula is C14H18FNO4S2. The van der Waals surface area contributed by atoms with Crippen molar-refractivity contribution in [2.75, 3.05) is 23.8 Å². The summed E-state index contributed by atoms with van der Waals surface area (Å²) in [6.45, 7) is 2.00. The summed E-state index contributed by atoms with van der Waals surface area (Å²) in [7, 11) is -6.70.